The lowest BCUT2D eigenvalue weighted by Gasteiger charge is -2.35. The van der Waals surface area contributed by atoms with Gasteiger partial charge in [-0.3, -0.25) is 4.79 Å². The fraction of sp³-hybridized carbons (Fsp3) is 0.500. The Morgan fingerprint density at radius 3 is 2.45 bits per heavy atom. The van der Waals surface area contributed by atoms with E-state index in [-0.39, 0.29) is 17.2 Å². The zero-order valence-corrected chi connectivity index (χ0v) is 11.3. The van der Waals surface area contributed by atoms with Crippen LogP contribution in [0.2, 0.25) is 0 Å². The summed E-state index contributed by atoms with van der Waals surface area (Å²) in [6.45, 7) is 0.902. The van der Waals surface area contributed by atoms with Gasteiger partial charge in [-0.1, -0.05) is 0 Å². The lowest BCUT2D eigenvalue weighted by Crippen LogP contribution is -2.52. The van der Waals surface area contributed by atoms with Gasteiger partial charge in [-0.2, -0.15) is 8.78 Å². The first-order chi connectivity index (χ1) is 9.48. The monoisotopic (exact) mass is 284 g/mol. The molecule has 1 aliphatic heterocycles. The predicted octanol–water partition coefficient (Wildman–Crippen LogP) is 2.16. The molecule has 1 aromatic carbocycles. The van der Waals surface area contributed by atoms with Gasteiger partial charge in [0.05, 0.1) is 0 Å². The Balaban J connectivity index is 1.98. The zero-order valence-electron chi connectivity index (χ0n) is 11.3. The minimum absolute atomic E-state index is 0.0460. The minimum atomic E-state index is -2.86. The Morgan fingerprint density at radius 1 is 1.30 bits per heavy atom. The Bertz CT molecular complexity index is 457. The second-order valence-corrected chi connectivity index (χ2v) is 5.17. The van der Waals surface area contributed by atoms with Gasteiger partial charge in [-0.25, -0.2) is 0 Å². The Hall–Kier alpha value is -1.69. The third-order valence-electron chi connectivity index (χ3n) is 3.46. The summed E-state index contributed by atoms with van der Waals surface area (Å²) in [5.74, 6) is -0.150. The van der Waals surface area contributed by atoms with E-state index in [9.17, 15) is 13.6 Å². The van der Waals surface area contributed by atoms with E-state index in [2.05, 4.69) is 15.4 Å². The van der Waals surface area contributed by atoms with E-state index in [1.165, 1.54) is 24.3 Å². The molecule has 0 atom stereocenters. The number of ether oxygens (including phenoxy) is 1. The molecule has 2 N–H and O–H groups in total. The molecule has 0 unspecified atom stereocenters. The van der Waals surface area contributed by atoms with Gasteiger partial charge in [0.1, 0.15) is 5.75 Å². The van der Waals surface area contributed by atoms with Gasteiger partial charge in [-0.05, 0) is 57.1 Å². The SMILES string of the molecule is CC1(NC(=O)c2ccc(OC(F)F)cc2)CCNCC1. The molecular weight excluding hydrogens is 266 g/mol. The molecule has 0 saturated carbocycles. The topological polar surface area (TPSA) is 50.4 Å². The van der Waals surface area contributed by atoms with Crippen LogP contribution >= 0.6 is 0 Å². The van der Waals surface area contributed by atoms with Crippen molar-refractivity contribution in [2.75, 3.05) is 13.1 Å². The number of carbonyl (C=O) groups is 1. The van der Waals surface area contributed by atoms with Gasteiger partial charge in [0, 0.05) is 11.1 Å². The molecule has 0 bridgehead atoms. The smallest absolute Gasteiger partial charge is 0.387 e. The molecule has 1 aliphatic rings. The molecule has 6 heteroatoms. The highest BCUT2D eigenvalue weighted by molar-refractivity contribution is 5.94. The number of hydrogen-bond donors (Lipinski definition) is 2. The molecule has 4 nitrogen and oxygen atoms in total. The van der Waals surface area contributed by atoms with E-state index in [0.717, 1.165) is 25.9 Å². The molecule has 1 fully saturated rings. The van der Waals surface area contributed by atoms with Crippen molar-refractivity contribution in [1.82, 2.24) is 10.6 Å². The van der Waals surface area contributed by atoms with Crippen LogP contribution in [0, 0.1) is 0 Å². The summed E-state index contributed by atoms with van der Waals surface area (Å²) < 4.78 is 28.3. The van der Waals surface area contributed by atoms with Crippen LogP contribution in [0.3, 0.4) is 0 Å². The van der Waals surface area contributed by atoms with Gasteiger partial charge < -0.3 is 15.4 Å². The minimum Gasteiger partial charge on any atom is -0.435 e. The molecule has 1 heterocycles. The lowest BCUT2D eigenvalue weighted by molar-refractivity contribution is -0.0498. The first kappa shape index (κ1) is 14.7. The highest BCUT2D eigenvalue weighted by Gasteiger charge is 2.28. The van der Waals surface area contributed by atoms with Crippen molar-refractivity contribution in [3.63, 3.8) is 0 Å². The number of amides is 1. The van der Waals surface area contributed by atoms with Crippen LogP contribution in [0.5, 0.6) is 5.75 Å². The average molecular weight is 284 g/mol. The van der Waals surface area contributed by atoms with E-state index in [4.69, 9.17) is 0 Å². The number of carbonyl (C=O) groups excluding carboxylic acids is 1. The maximum absolute atomic E-state index is 12.1. The number of piperidine rings is 1. The molecular formula is C14H18F2N2O2. The van der Waals surface area contributed by atoms with Crippen LogP contribution in [0.15, 0.2) is 24.3 Å². The van der Waals surface area contributed by atoms with Crippen LogP contribution < -0.4 is 15.4 Å². The fourth-order valence-electron chi connectivity index (χ4n) is 2.24. The number of rotatable bonds is 4. The second kappa shape index (κ2) is 6.17. The predicted molar refractivity (Wildman–Crippen MR) is 71.0 cm³/mol. The van der Waals surface area contributed by atoms with E-state index in [1.807, 2.05) is 6.92 Å². The van der Waals surface area contributed by atoms with Gasteiger partial charge in [0.15, 0.2) is 0 Å². The molecule has 1 saturated heterocycles. The normalized spacial score (nSPS) is 17.8. The molecule has 0 radical (unpaired) electrons. The zero-order chi connectivity index (χ0) is 14.6. The first-order valence-electron chi connectivity index (χ1n) is 6.57. The van der Waals surface area contributed by atoms with E-state index in [0.29, 0.717) is 5.56 Å². The van der Waals surface area contributed by atoms with Crippen molar-refractivity contribution in [2.45, 2.75) is 31.9 Å². The Morgan fingerprint density at radius 2 is 1.90 bits per heavy atom. The Kier molecular flexibility index (Phi) is 4.54. The number of hydrogen-bond acceptors (Lipinski definition) is 3. The highest BCUT2D eigenvalue weighted by atomic mass is 19.3. The third-order valence-corrected chi connectivity index (χ3v) is 3.46. The van der Waals surface area contributed by atoms with Crippen molar-refractivity contribution < 1.29 is 18.3 Å². The molecule has 2 rings (SSSR count). The highest BCUT2D eigenvalue weighted by Crippen LogP contribution is 2.19. The number of alkyl halides is 2. The van der Waals surface area contributed by atoms with Crippen molar-refractivity contribution >= 4 is 5.91 Å². The van der Waals surface area contributed by atoms with E-state index < -0.39 is 6.61 Å². The van der Waals surface area contributed by atoms with Crippen molar-refractivity contribution in [1.29, 1.82) is 0 Å². The summed E-state index contributed by atoms with van der Waals surface area (Å²) in [5, 5.41) is 6.24. The number of nitrogens with one attached hydrogen (secondary N) is 2. The summed E-state index contributed by atoms with van der Waals surface area (Å²) in [5.41, 5.74) is 0.215. The van der Waals surface area contributed by atoms with Gasteiger partial charge in [0.2, 0.25) is 0 Å². The molecule has 110 valence electrons. The standard InChI is InChI=1S/C14H18F2N2O2/c1-14(6-8-17-9-7-14)18-12(19)10-2-4-11(5-3-10)20-13(15)16/h2-5,13,17H,6-9H2,1H3,(H,18,19). The molecule has 0 aromatic heterocycles. The summed E-state index contributed by atoms with van der Waals surface area (Å²) >= 11 is 0. The van der Waals surface area contributed by atoms with Crippen LogP contribution in [0.4, 0.5) is 8.78 Å². The van der Waals surface area contributed by atoms with Gasteiger partial charge >= 0.3 is 6.61 Å². The Labute approximate surface area is 116 Å². The summed E-state index contributed by atoms with van der Waals surface area (Å²) in [6, 6.07) is 5.70. The van der Waals surface area contributed by atoms with Crippen molar-refractivity contribution in [2.24, 2.45) is 0 Å². The molecule has 0 spiro atoms. The average Bonchev–Trinajstić information content (AvgIpc) is 2.39. The first-order valence-corrected chi connectivity index (χ1v) is 6.57. The van der Waals surface area contributed by atoms with Crippen molar-refractivity contribution in [3.8, 4) is 5.75 Å². The van der Waals surface area contributed by atoms with Crippen LogP contribution in [-0.4, -0.2) is 31.1 Å². The fourth-order valence-corrected chi connectivity index (χ4v) is 2.24. The second-order valence-electron chi connectivity index (χ2n) is 5.17. The summed E-state index contributed by atoms with van der Waals surface area (Å²) in [4.78, 5) is 12.1. The molecule has 1 amide bonds. The van der Waals surface area contributed by atoms with Gasteiger partial charge in [-0.15, -0.1) is 0 Å². The molecule has 20 heavy (non-hydrogen) atoms. The summed E-state index contributed by atoms with van der Waals surface area (Å²) in [7, 11) is 0. The number of halogens is 2. The van der Waals surface area contributed by atoms with Crippen LogP contribution in [0.1, 0.15) is 30.1 Å². The maximum atomic E-state index is 12.1. The van der Waals surface area contributed by atoms with Crippen LogP contribution in [0.25, 0.3) is 0 Å². The maximum Gasteiger partial charge on any atom is 0.387 e. The largest absolute Gasteiger partial charge is 0.435 e. The lowest BCUT2D eigenvalue weighted by atomic mass is 9.90. The molecule has 0 aliphatic carbocycles. The van der Waals surface area contributed by atoms with E-state index >= 15 is 0 Å². The third kappa shape index (κ3) is 3.90. The molecule has 1 aromatic rings. The van der Waals surface area contributed by atoms with E-state index in [1.54, 1.807) is 0 Å². The number of benzene rings is 1. The van der Waals surface area contributed by atoms with Gasteiger partial charge in [0.25, 0.3) is 5.91 Å². The quantitative estimate of drug-likeness (QED) is 0.891. The van der Waals surface area contributed by atoms with Crippen molar-refractivity contribution in [3.05, 3.63) is 29.8 Å². The summed E-state index contributed by atoms with van der Waals surface area (Å²) in [6.07, 6.45) is 1.73. The van der Waals surface area contributed by atoms with Crippen LogP contribution in [-0.2, 0) is 0 Å².